The van der Waals surface area contributed by atoms with Gasteiger partial charge < -0.3 is 26.7 Å². The van der Waals surface area contributed by atoms with Crippen molar-refractivity contribution in [2.45, 2.75) is 18.4 Å². The van der Waals surface area contributed by atoms with Crippen LogP contribution in [0.2, 0.25) is 0 Å². The minimum atomic E-state index is -0.953. The lowest BCUT2D eigenvalue weighted by atomic mass is 9.93. The summed E-state index contributed by atoms with van der Waals surface area (Å²) in [6.07, 6.45) is 0.972. The van der Waals surface area contributed by atoms with E-state index in [9.17, 15) is 5.11 Å². The number of aliphatic hydroxyl groups excluding tert-OH is 1. The number of rotatable bonds is 1. The lowest BCUT2D eigenvalue weighted by Gasteiger charge is -2.37. The molecule has 6 nitrogen and oxygen atoms in total. The van der Waals surface area contributed by atoms with Gasteiger partial charge in [-0.1, -0.05) is 0 Å². The maximum Gasteiger partial charge on any atom is 0.213 e. The maximum atomic E-state index is 9.66. The van der Waals surface area contributed by atoms with Crippen molar-refractivity contribution in [2.75, 3.05) is 19.7 Å². The van der Waals surface area contributed by atoms with E-state index in [1.165, 1.54) is 0 Å². The fourth-order valence-electron chi connectivity index (χ4n) is 1.39. The first-order chi connectivity index (χ1) is 6.11. The molecule has 0 atom stereocenters. The summed E-state index contributed by atoms with van der Waals surface area (Å²) in [5.74, 6) is 5.29. The molecule has 0 saturated carbocycles. The summed E-state index contributed by atoms with van der Waals surface area (Å²) in [5, 5.41) is 21.9. The van der Waals surface area contributed by atoms with Gasteiger partial charge in [0.2, 0.25) is 5.96 Å². The Morgan fingerprint density at radius 1 is 1.46 bits per heavy atom. The van der Waals surface area contributed by atoms with E-state index in [2.05, 4.69) is 5.10 Å². The maximum absolute atomic E-state index is 9.66. The van der Waals surface area contributed by atoms with E-state index in [0.717, 1.165) is 0 Å². The van der Waals surface area contributed by atoms with E-state index in [-0.39, 0.29) is 12.6 Å². The van der Waals surface area contributed by atoms with Gasteiger partial charge in [0.05, 0.1) is 12.2 Å². The topological polar surface area (TPSA) is 108 Å². The molecule has 76 valence electrons. The third-order valence-electron chi connectivity index (χ3n) is 2.44. The summed E-state index contributed by atoms with van der Waals surface area (Å²) >= 11 is 0. The van der Waals surface area contributed by atoms with Gasteiger partial charge in [0, 0.05) is 13.1 Å². The number of aliphatic hydroxyl groups is 2. The fraction of sp³-hybridized carbons (Fsp3) is 0.857. The van der Waals surface area contributed by atoms with Gasteiger partial charge in [-0.15, -0.1) is 5.10 Å². The molecule has 13 heavy (non-hydrogen) atoms. The van der Waals surface area contributed by atoms with Gasteiger partial charge in [-0.2, -0.15) is 0 Å². The number of nitrogens with zero attached hydrogens (tertiary/aromatic N) is 2. The van der Waals surface area contributed by atoms with Crippen LogP contribution in [0.4, 0.5) is 0 Å². The third-order valence-corrected chi connectivity index (χ3v) is 2.44. The predicted octanol–water partition coefficient (Wildman–Crippen LogP) is -2.01. The molecule has 1 heterocycles. The molecule has 1 saturated heterocycles. The highest BCUT2D eigenvalue weighted by Crippen LogP contribution is 2.20. The van der Waals surface area contributed by atoms with E-state index < -0.39 is 5.60 Å². The molecule has 1 fully saturated rings. The van der Waals surface area contributed by atoms with E-state index in [1.807, 2.05) is 0 Å². The van der Waals surface area contributed by atoms with E-state index in [4.69, 9.17) is 16.7 Å². The predicted molar refractivity (Wildman–Crippen MR) is 48.7 cm³/mol. The SMILES string of the molecule is N/N=C(\N)N1CCC(O)(CO)CC1. The van der Waals surface area contributed by atoms with Crippen LogP contribution in [-0.4, -0.2) is 46.4 Å². The van der Waals surface area contributed by atoms with Crippen molar-refractivity contribution in [3.8, 4) is 0 Å². The van der Waals surface area contributed by atoms with Crippen LogP contribution >= 0.6 is 0 Å². The van der Waals surface area contributed by atoms with Gasteiger partial charge in [-0.3, -0.25) is 0 Å². The molecule has 0 amide bonds. The smallest absolute Gasteiger partial charge is 0.213 e. The van der Waals surface area contributed by atoms with Crippen molar-refractivity contribution in [1.82, 2.24) is 4.90 Å². The molecule has 0 bridgehead atoms. The Labute approximate surface area is 76.8 Å². The second-order valence-corrected chi connectivity index (χ2v) is 3.36. The number of hydrogen-bond donors (Lipinski definition) is 4. The molecular weight excluding hydrogens is 172 g/mol. The molecule has 6 heteroatoms. The van der Waals surface area contributed by atoms with Gasteiger partial charge in [0.15, 0.2) is 0 Å². The molecule has 1 aliphatic rings. The molecule has 1 rings (SSSR count). The van der Waals surface area contributed by atoms with Crippen LogP contribution in [0, 0.1) is 0 Å². The van der Waals surface area contributed by atoms with Gasteiger partial charge in [0.1, 0.15) is 0 Å². The Bertz CT molecular complexity index is 199. The van der Waals surface area contributed by atoms with Crippen molar-refractivity contribution in [2.24, 2.45) is 16.7 Å². The average Bonchev–Trinajstić information content (AvgIpc) is 2.18. The Kier molecular flexibility index (Phi) is 2.94. The zero-order valence-electron chi connectivity index (χ0n) is 7.48. The highest BCUT2D eigenvalue weighted by molar-refractivity contribution is 5.77. The van der Waals surface area contributed by atoms with Gasteiger partial charge in [-0.05, 0) is 12.8 Å². The molecule has 0 spiro atoms. The second kappa shape index (κ2) is 3.80. The van der Waals surface area contributed by atoms with E-state index >= 15 is 0 Å². The van der Waals surface area contributed by atoms with Crippen molar-refractivity contribution in [3.63, 3.8) is 0 Å². The zero-order valence-corrected chi connectivity index (χ0v) is 7.48. The van der Waals surface area contributed by atoms with Crippen LogP contribution in [0.3, 0.4) is 0 Å². The molecule has 0 aromatic heterocycles. The highest BCUT2D eigenvalue weighted by Gasteiger charge is 2.31. The van der Waals surface area contributed by atoms with Gasteiger partial charge >= 0.3 is 0 Å². The van der Waals surface area contributed by atoms with E-state index in [0.29, 0.717) is 25.9 Å². The van der Waals surface area contributed by atoms with Gasteiger partial charge in [0.25, 0.3) is 0 Å². The molecule has 6 N–H and O–H groups in total. The number of hydrazone groups is 1. The van der Waals surface area contributed by atoms with Crippen LogP contribution in [0.25, 0.3) is 0 Å². The summed E-state index contributed by atoms with van der Waals surface area (Å²) in [5.41, 5.74) is 4.53. The second-order valence-electron chi connectivity index (χ2n) is 3.36. The van der Waals surface area contributed by atoms with Crippen molar-refractivity contribution >= 4 is 5.96 Å². The first-order valence-electron chi connectivity index (χ1n) is 4.23. The Morgan fingerprint density at radius 2 is 2.00 bits per heavy atom. The van der Waals surface area contributed by atoms with Crippen LogP contribution in [0.15, 0.2) is 5.10 Å². The van der Waals surface area contributed by atoms with E-state index in [1.54, 1.807) is 4.90 Å². The summed E-state index contributed by atoms with van der Waals surface area (Å²) in [7, 11) is 0. The van der Waals surface area contributed by atoms with Crippen molar-refractivity contribution < 1.29 is 10.2 Å². The molecule has 0 aliphatic carbocycles. The molecular formula is C7H16N4O2. The summed E-state index contributed by atoms with van der Waals surface area (Å²) in [4.78, 5) is 1.78. The molecule has 0 radical (unpaired) electrons. The fourth-order valence-corrected chi connectivity index (χ4v) is 1.39. The van der Waals surface area contributed by atoms with Crippen molar-refractivity contribution in [3.05, 3.63) is 0 Å². The van der Waals surface area contributed by atoms with Crippen LogP contribution in [0.5, 0.6) is 0 Å². The molecule has 0 aromatic rings. The Morgan fingerprint density at radius 3 is 2.38 bits per heavy atom. The lowest BCUT2D eigenvalue weighted by Crippen LogP contribution is -2.50. The quantitative estimate of drug-likeness (QED) is 0.165. The third kappa shape index (κ3) is 2.22. The largest absolute Gasteiger partial charge is 0.393 e. The van der Waals surface area contributed by atoms with Crippen LogP contribution in [-0.2, 0) is 0 Å². The molecule has 1 aliphatic heterocycles. The average molecular weight is 188 g/mol. The minimum absolute atomic E-state index is 0.208. The van der Waals surface area contributed by atoms with Gasteiger partial charge in [-0.25, -0.2) is 0 Å². The van der Waals surface area contributed by atoms with Crippen LogP contribution < -0.4 is 11.6 Å². The first-order valence-corrected chi connectivity index (χ1v) is 4.23. The van der Waals surface area contributed by atoms with Crippen LogP contribution in [0.1, 0.15) is 12.8 Å². The summed E-state index contributed by atoms with van der Waals surface area (Å²) < 4.78 is 0. The molecule has 0 unspecified atom stereocenters. The monoisotopic (exact) mass is 188 g/mol. The molecule has 0 aromatic carbocycles. The minimum Gasteiger partial charge on any atom is -0.393 e. The number of likely N-dealkylation sites (tertiary alicyclic amines) is 1. The number of guanidine groups is 1. The summed E-state index contributed by atoms with van der Waals surface area (Å²) in [6, 6.07) is 0. The normalized spacial score (nSPS) is 23.2. The zero-order chi connectivity index (χ0) is 9.90. The first kappa shape index (κ1) is 10.1. The summed E-state index contributed by atoms with van der Waals surface area (Å²) in [6.45, 7) is 0.938. The number of hydrogen-bond acceptors (Lipinski definition) is 4. The highest BCUT2D eigenvalue weighted by atomic mass is 16.3. The van der Waals surface area contributed by atoms with Crippen molar-refractivity contribution in [1.29, 1.82) is 0 Å². The number of piperidine rings is 1. The standard InChI is InChI=1S/C7H16N4O2/c8-6(10-9)11-3-1-7(13,5-12)2-4-11/h12-13H,1-5,9H2,(H2,8,10). The number of nitrogens with two attached hydrogens (primary N) is 2. The Balaban J connectivity index is 2.48. The lowest BCUT2D eigenvalue weighted by molar-refractivity contribution is -0.0499. The Hall–Kier alpha value is -1.01.